The summed E-state index contributed by atoms with van der Waals surface area (Å²) in [6, 6.07) is 1.68. The summed E-state index contributed by atoms with van der Waals surface area (Å²) in [4.78, 5) is 20.6. The van der Waals surface area contributed by atoms with E-state index in [1.54, 1.807) is 11.4 Å². The molecule has 1 aliphatic rings. The Balaban J connectivity index is 1.78. The average Bonchev–Trinajstić information content (AvgIpc) is 2.92. The minimum Gasteiger partial charge on any atom is -0.289 e. The van der Waals surface area contributed by atoms with Gasteiger partial charge in [-0.15, -0.1) is 0 Å². The fourth-order valence-corrected chi connectivity index (χ4v) is 2.93. The third-order valence-electron chi connectivity index (χ3n) is 3.56. The number of hydrogen-bond donors (Lipinski definition) is 1. The first-order valence-corrected chi connectivity index (χ1v) is 7.44. The predicted molar refractivity (Wildman–Crippen MR) is 77.9 cm³/mol. The van der Waals surface area contributed by atoms with Gasteiger partial charge in [0.2, 0.25) is 5.95 Å². The molecule has 0 fully saturated rings. The number of carbonyl (C=O) groups is 1. The average molecular weight is 288 g/mol. The number of anilines is 1. The molecular weight excluding hydrogens is 272 g/mol. The topological polar surface area (TPSA) is 67.8 Å². The second kappa shape index (κ2) is 4.94. The van der Waals surface area contributed by atoms with Crippen LogP contribution < -0.4 is 5.32 Å². The molecule has 0 saturated carbocycles. The highest BCUT2D eigenvalue weighted by atomic mass is 32.1. The van der Waals surface area contributed by atoms with Gasteiger partial charge in [0.25, 0.3) is 5.91 Å². The Morgan fingerprint density at radius 2 is 2.30 bits per heavy atom. The summed E-state index contributed by atoms with van der Waals surface area (Å²) in [5.74, 6) is 0.101. The lowest BCUT2D eigenvalue weighted by molar-refractivity contribution is 0.102. The minimum absolute atomic E-state index is 0.262. The maximum atomic E-state index is 11.9. The van der Waals surface area contributed by atoms with Crippen LogP contribution in [-0.4, -0.2) is 20.2 Å². The zero-order chi connectivity index (χ0) is 14.2. The molecule has 20 heavy (non-hydrogen) atoms. The van der Waals surface area contributed by atoms with Crippen LogP contribution in [0.4, 0.5) is 5.95 Å². The number of aromatic nitrogens is 3. The number of carbonyl (C=O) groups excluding carboxylic acids is 1. The first-order chi connectivity index (χ1) is 9.53. The molecule has 2 heterocycles. The summed E-state index contributed by atoms with van der Waals surface area (Å²) in [5, 5.41) is 4.47. The monoisotopic (exact) mass is 288 g/mol. The normalized spacial score (nSPS) is 16.5. The van der Waals surface area contributed by atoms with Crippen molar-refractivity contribution in [2.45, 2.75) is 33.1 Å². The van der Waals surface area contributed by atoms with Gasteiger partial charge in [0, 0.05) is 17.3 Å². The Kier molecular flexibility index (Phi) is 3.25. The summed E-state index contributed by atoms with van der Waals surface area (Å²) in [6.07, 6.45) is 4.86. The van der Waals surface area contributed by atoms with E-state index in [4.69, 9.17) is 0 Å². The number of hydrogen-bond acceptors (Lipinski definition) is 5. The van der Waals surface area contributed by atoms with E-state index in [1.807, 2.05) is 6.20 Å². The van der Waals surface area contributed by atoms with E-state index in [-0.39, 0.29) is 5.91 Å². The highest BCUT2D eigenvalue weighted by Gasteiger charge is 2.26. The predicted octanol–water partition coefficient (Wildman–Crippen LogP) is 2.70. The minimum atomic E-state index is -0.262. The number of aryl methyl sites for hydroxylation is 1. The van der Waals surface area contributed by atoms with Crippen molar-refractivity contribution in [3.05, 3.63) is 34.6 Å². The molecule has 0 radical (unpaired) electrons. The fraction of sp³-hybridized carbons (Fsp3) is 0.429. The fourth-order valence-electron chi connectivity index (χ4n) is 2.42. The SMILES string of the molecule is CC1(C)CCc2nc(NC(=O)c3ccsn3)ncc2C1. The maximum Gasteiger partial charge on any atom is 0.277 e. The number of nitrogens with zero attached hydrogens (tertiary/aromatic N) is 3. The Hall–Kier alpha value is -1.82. The van der Waals surface area contributed by atoms with E-state index < -0.39 is 0 Å². The molecule has 2 aromatic rings. The summed E-state index contributed by atoms with van der Waals surface area (Å²) in [5.41, 5.74) is 2.94. The largest absolute Gasteiger partial charge is 0.289 e. The lowest BCUT2D eigenvalue weighted by Crippen LogP contribution is -2.24. The molecule has 0 atom stereocenters. The van der Waals surface area contributed by atoms with E-state index in [2.05, 4.69) is 33.5 Å². The molecule has 0 unspecified atom stereocenters. The summed E-state index contributed by atoms with van der Waals surface area (Å²) in [6.45, 7) is 4.52. The van der Waals surface area contributed by atoms with Crippen molar-refractivity contribution in [1.82, 2.24) is 14.3 Å². The molecule has 0 spiro atoms. The molecule has 6 heteroatoms. The Morgan fingerprint density at radius 1 is 1.45 bits per heavy atom. The van der Waals surface area contributed by atoms with Crippen LogP contribution in [0.2, 0.25) is 0 Å². The molecule has 5 nitrogen and oxygen atoms in total. The number of amides is 1. The van der Waals surface area contributed by atoms with Gasteiger partial charge in [-0.25, -0.2) is 9.97 Å². The molecule has 0 bridgehead atoms. The van der Waals surface area contributed by atoms with Crippen LogP contribution in [-0.2, 0) is 12.8 Å². The van der Waals surface area contributed by atoms with Gasteiger partial charge in [0.1, 0.15) is 5.69 Å². The van der Waals surface area contributed by atoms with Gasteiger partial charge in [0.15, 0.2) is 0 Å². The molecule has 0 aromatic carbocycles. The second-order valence-corrected chi connectivity index (χ2v) is 6.51. The molecule has 2 aromatic heterocycles. The van der Waals surface area contributed by atoms with E-state index >= 15 is 0 Å². The third-order valence-corrected chi connectivity index (χ3v) is 4.12. The van der Waals surface area contributed by atoms with E-state index in [0.29, 0.717) is 17.1 Å². The standard InChI is InChI=1S/C14H16N4OS/c1-14(2)5-3-10-9(7-14)8-15-13(16-10)17-12(19)11-4-6-20-18-11/h4,6,8H,3,5,7H2,1-2H3,(H,15,16,17,19). The summed E-state index contributed by atoms with van der Waals surface area (Å²) < 4.78 is 3.99. The lowest BCUT2D eigenvalue weighted by atomic mass is 9.76. The quantitative estimate of drug-likeness (QED) is 0.922. The van der Waals surface area contributed by atoms with E-state index in [0.717, 1.165) is 25.0 Å². The Bertz CT molecular complexity index is 637. The van der Waals surface area contributed by atoms with Crippen molar-refractivity contribution in [3.8, 4) is 0 Å². The van der Waals surface area contributed by atoms with Crippen LogP contribution in [0.25, 0.3) is 0 Å². The number of nitrogens with one attached hydrogen (secondary N) is 1. The van der Waals surface area contributed by atoms with Crippen molar-refractivity contribution in [2.24, 2.45) is 5.41 Å². The smallest absolute Gasteiger partial charge is 0.277 e. The summed E-state index contributed by atoms with van der Waals surface area (Å²) in [7, 11) is 0. The summed E-state index contributed by atoms with van der Waals surface area (Å²) >= 11 is 1.25. The molecule has 1 amide bonds. The maximum absolute atomic E-state index is 11.9. The zero-order valence-corrected chi connectivity index (χ0v) is 12.3. The highest BCUT2D eigenvalue weighted by Crippen LogP contribution is 2.33. The van der Waals surface area contributed by atoms with Crippen molar-refractivity contribution in [1.29, 1.82) is 0 Å². The first-order valence-electron chi connectivity index (χ1n) is 6.60. The molecule has 0 saturated heterocycles. The van der Waals surface area contributed by atoms with Crippen LogP contribution in [0.1, 0.15) is 42.0 Å². The molecular formula is C14H16N4OS. The van der Waals surface area contributed by atoms with Crippen LogP contribution >= 0.6 is 11.5 Å². The van der Waals surface area contributed by atoms with Crippen molar-refractivity contribution < 1.29 is 4.79 Å². The number of fused-ring (bicyclic) bond motifs is 1. The van der Waals surface area contributed by atoms with Crippen LogP contribution in [0, 0.1) is 5.41 Å². The van der Waals surface area contributed by atoms with Crippen LogP contribution in [0.5, 0.6) is 0 Å². The van der Waals surface area contributed by atoms with Gasteiger partial charge in [-0.05, 0) is 47.8 Å². The highest BCUT2D eigenvalue weighted by molar-refractivity contribution is 7.03. The second-order valence-electron chi connectivity index (χ2n) is 5.85. The van der Waals surface area contributed by atoms with Gasteiger partial charge in [-0.2, -0.15) is 4.37 Å². The van der Waals surface area contributed by atoms with Crippen molar-refractivity contribution in [3.63, 3.8) is 0 Å². The van der Waals surface area contributed by atoms with Gasteiger partial charge in [0.05, 0.1) is 0 Å². The zero-order valence-electron chi connectivity index (χ0n) is 11.5. The lowest BCUT2D eigenvalue weighted by Gasteiger charge is -2.30. The molecule has 1 aliphatic carbocycles. The van der Waals surface area contributed by atoms with Gasteiger partial charge < -0.3 is 0 Å². The first kappa shape index (κ1) is 13.2. The van der Waals surface area contributed by atoms with Crippen molar-refractivity contribution >= 4 is 23.4 Å². The number of rotatable bonds is 2. The van der Waals surface area contributed by atoms with Crippen LogP contribution in [0.15, 0.2) is 17.6 Å². The van der Waals surface area contributed by atoms with Gasteiger partial charge in [-0.3, -0.25) is 10.1 Å². The molecule has 1 N–H and O–H groups in total. The van der Waals surface area contributed by atoms with E-state index in [1.165, 1.54) is 17.1 Å². The Morgan fingerprint density at radius 3 is 3.05 bits per heavy atom. The van der Waals surface area contributed by atoms with E-state index in [9.17, 15) is 4.79 Å². The van der Waals surface area contributed by atoms with Gasteiger partial charge in [-0.1, -0.05) is 13.8 Å². The molecule has 0 aliphatic heterocycles. The van der Waals surface area contributed by atoms with Gasteiger partial charge >= 0.3 is 0 Å². The molecule has 3 rings (SSSR count). The molecule has 104 valence electrons. The van der Waals surface area contributed by atoms with Crippen molar-refractivity contribution in [2.75, 3.05) is 5.32 Å². The third kappa shape index (κ3) is 2.70. The van der Waals surface area contributed by atoms with Crippen LogP contribution in [0.3, 0.4) is 0 Å². The Labute approximate surface area is 121 Å².